The van der Waals surface area contributed by atoms with Gasteiger partial charge in [0.25, 0.3) is 0 Å². The zero-order valence-corrected chi connectivity index (χ0v) is 15.6. The van der Waals surface area contributed by atoms with Gasteiger partial charge in [0, 0.05) is 0 Å². The lowest BCUT2D eigenvalue weighted by molar-refractivity contribution is 0.0446. The van der Waals surface area contributed by atoms with Crippen molar-refractivity contribution in [2.75, 3.05) is 0 Å². The monoisotopic (exact) mass is 312 g/mol. The minimum absolute atomic E-state index is 0.116. The Kier molecular flexibility index (Phi) is 9.01. The maximum absolute atomic E-state index is 10.6. The summed E-state index contributed by atoms with van der Waals surface area (Å²) < 4.78 is 0. The molecular weight excluding hydrogens is 272 g/mol. The third kappa shape index (κ3) is 7.00. The highest BCUT2D eigenvalue weighted by Crippen LogP contribution is 2.34. The molecule has 0 radical (unpaired) electrons. The molecule has 1 fully saturated rings. The highest BCUT2D eigenvalue weighted by atomic mass is 16.3. The molecular formula is C20H40O2. The zero-order valence-electron chi connectivity index (χ0n) is 15.6. The molecule has 3 atom stereocenters. The van der Waals surface area contributed by atoms with Gasteiger partial charge >= 0.3 is 0 Å². The van der Waals surface area contributed by atoms with Crippen LogP contribution in [0.4, 0.5) is 0 Å². The standard InChI is InChI=1S/C20H40O2/c1-14(2)18(7-6-8-19(21)15(3)4)13-20(22)17-11-9-16(5)10-12-17/h14-22H,6-13H2,1-5H3. The molecule has 1 rings (SSSR count). The average Bonchev–Trinajstić information content (AvgIpc) is 2.46. The first-order valence-corrected chi connectivity index (χ1v) is 9.67. The summed E-state index contributed by atoms with van der Waals surface area (Å²) in [6.07, 6.45) is 8.78. The predicted octanol–water partition coefficient (Wildman–Crippen LogP) is 5.02. The minimum Gasteiger partial charge on any atom is -0.393 e. The van der Waals surface area contributed by atoms with E-state index < -0.39 is 0 Å². The Morgan fingerprint density at radius 3 is 1.95 bits per heavy atom. The van der Waals surface area contributed by atoms with E-state index in [0.717, 1.165) is 31.6 Å². The van der Waals surface area contributed by atoms with E-state index in [4.69, 9.17) is 0 Å². The van der Waals surface area contributed by atoms with E-state index in [1.807, 2.05) is 0 Å². The first-order chi connectivity index (χ1) is 10.3. The molecule has 0 amide bonds. The Morgan fingerprint density at radius 2 is 1.45 bits per heavy atom. The summed E-state index contributed by atoms with van der Waals surface area (Å²) in [5.74, 6) is 2.94. The molecule has 3 unspecified atom stereocenters. The Labute approximate surface area is 138 Å². The number of aliphatic hydroxyl groups is 2. The van der Waals surface area contributed by atoms with Gasteiger partial charge in [-0.3, -0.25) is 0 Å². The molecule has 132 valence electrons. The fourth-order valence-corrected chi connectivity index (χ4v) is 3.82. The van der Waals surface area contributed by atoms with Crippen LogP contribution in [0.5, 0.6) is 0 Å². The van der Waals surface area contributed by atoms with Crippen LogP contribution in [0, 0.1) is 29.6 Å². The lowest BCUT2D eigenvalue weighted by Gasteiger charge is -2.33. The van der Waals surface area contributed by atoms with Gasteiger partial charge in [-0.2, -0.15) is 0 Å². The lowest BCUT2D eigenvalue weighted by atomic mass is 9.76. The van der Waals surface area contributed by atoms with Crippen molar-refractivity contribution < 1.29 is 10.2 Å². The van der Waals surface area contributed by atoms with Gasteiger partial charge in [0.15, 0.2) is 0 Å². The average molecular weight is 313 g/mol. The molecule has 1 saturated carbocycles. The van der Waals surface area contributed by atoms with Gasteiger partial charge in [-0.15, -0.1) is 0 Å². The number of aliphatic hydroxyl groups excluding tert-OH is 2. The Morgan fingerprint density at radius 1 is 0.864 bits per heavy atom. The quantitative estimate of drug-likeness (QED) is 0.627. The number of hydrogen-bond acceptors (Lipinski definition) is 2. The van der Waals surface area contributed by atoms with Gasteiger partial charge in [-0.05, 0) is 55.3 Å². The van der Waals surface area contributed by atoms with Crippen LogP contribution in [0.25, 0.3) is 0 Å². The van der Waals surface area contributed by atoms with E-state index >= 15 is 0 Å². The summed E-state index contributed by atoms with van der Waals surface area (Å²) >= 11 is 0. The third-order valence-corrected chi connectivity index (χ3v) is 5.94. The normalized spacial score (nSPS) is 27.1. The molecule has 0 saturated heterocycles. The maximum Gasteiger partial charge on any atom is 0.0571 e. The highest BCUT2D eigenvalue weighted by molar-refractivity contribution is 4.79. The Hall–Kier alpha value is -0.0800. The molecule has 0 heterocycles. The van der Waals surface area contributed by atoms with Gasteiger partial charge in [0.05, 0.1) is 12.2 Å². The molecule has 2 nitrogen and oxygen atoms in total. The summed E-state index contributed by atoms with van der Waals surface area (Å²) in [6, 6.07) is 0. The third-order valence-electron chi connectivity index (χ3n) is 5.94. The van der Waals surface area contributed by atoms with Crippen LogP contribution >= 0.6 is 0 Å². The van der Waals surface area contributed by atoms with E-state index in [-0.39, 0.29) is 12.2 Å². The highest BCUT2D eigenvalue weighted by Gasteiger charge is 2.27. The van der Waals surface area contributed by atoms with Crippen molar-refractivity contribution in [2.24, 2.45) is 29.6 Å². The largest absolute Gasteiger partial charge is 0.393 e. The van der Waals surface area contributed by atoms with Crippen molar-refractivity contribution in [2.45, 2.75) is 98.2 Å². The van der Waals surface area contributed by atoms with E-state index in [1.165, 1.54) is 25.7 Å². The second kappa shape index (κ2) is 9.93. The Bertz CT molecular complexity index is 279. The Balaban J connectivity index is 2.36. The fourth-order valence-electron chi connectivity index (χ4n) is 3.82. The summed E-state index contributed by atoms with van der Waals surface area (Å²) in [4.78, 5) is 0. The summed E-state index contributed by atoms with van der Waals surface area (Å²) in [5.41, 5.74) is 0. The van der Waals surface area contributed by atoms with Gasteiger partial charge < -0.3 is 10.2 Å². The van der Waals surface area contributed by atoms with Crippen molar-refractivity contribution >= 4 is 0 Å². The number of hydrogen-bond donors (Lipinski definition) is 2. The molecule has 2 heteroatoms. The molecule has 1 aliphatic carbocycles. The SMILES string of the molecule is CC1CCC(C(O)CC(CCCC(O)C(C)C)C(C)C)CC1. The van der Waals surface area contributed by atoms with Crippen molar-refractivity contribution in [3.63, 3.8) is 0 Å². The van der Waals surface area contributed by atoms with Crippen molar-refractivity contribution in [3.8, 4) is 0 Å². The van der Waals surface area contributed by atoms with Crippen LogP contribution in [0.3, 0.4) is 0 Å². The molecule has 2 N–H and O–H groups in total. The summed E-state index contributed by atoms with van der Waals surface area (Å²) in [5, 5.41) is 20.6. The smallest absolute Gasteiger partial charge is 0.0571 e. The molecule has 1 aliphatic rings. The van der Waals surface area contributed by atoms with E-state index in [9.17, 15) is 10.2 Å². The first-order valence-electron chi connectivity index (χ1n) is 9.67. The predicted molar refractivity (Wildman–Crippen MR) is 94.8 cm³/mol. The summed E-state index contributed by atoms with van der Waals surface area (Å²) in [6.45, 7) is 11.1. The van der Waals surface area contributed by atoms with E-state index in [2.05, 4.69) is 34.6 Å². The zero-order chi connectivity index (χ0) is 16.7. The van der Waals surface area contributed by atoms with Gasteiger partial charge in [0.2, 0.25) is 0 Å². The van der Waals surface area contributed by atoms with Crippen molar-refractivity contribution in [1.29, 1.82) is 0 Å². The summed E-state index contributed by atoms with van der Waals surface area (Å²) in [7, 11) is 0. The minimum atomic E-state index is -0.169. The fraction of sp³-hybridized carbons (Fsp3) is 1.00. The van der Waals surface area contributed by atoms with E-state index in [0.29, 0.717) is 23.7 Å². The van der Waals surface area contributed by atoms with Crippen LogP contribution < -0.4 is 0 Å². The second-order valence-corrected chi connectivity index (χ2v) is 8.57. The molecule has 0 spiro atoms. The second-order valence-electron chi connectivity index (χ2n) is 8.57. The number of rotatable bonds is 9. The van der Waals surface area contributed by atoms with Crippen LogP contribution in [0.15, 0.2) is 0 Å². The van der Waals surface area contributed by atoms with E-state index in [1.54, 1.807) is 0 Å². The van der Waals surface area contributed by atoms with Crippen molar-refractivity contribution in [1.82, 2.24) is 0 Å². The molecule has 0 aromatic heterocycles. The van der Waals surface area contributed by atoms with Crippen molar-refractivity contribution in [3.05, 3.63) is 0 Å². The van der Waals surface area contributed by atoms with Gasteiger partial charge in [0.1, 0.15) is 0 Å². The molecule has 0 bridgehead atoms. The first kappa shape index (κ1) is 20.0. The van der Waals surface area contributed by atoms with Gasteiger partial charge in [-0.25, -0.2) is 0 Å². The van der Waals surface area contributed by atoms with Crippen LogP contribution in [0.2, 0.25) is 0 Å². The molecule has 0 aromatic carbocycles. The van der Waals surface area contributed by atoms with Gasteiger partial charge in [-0.1, -0.05) is 60.3 Å². The molecule has 22 heavy (non-hydrogen) atoms. The molecule has 0 aromatic rings. The molecule has 0 aliphatic heterocycles. The van der Waals surface area contributed by atoms with Crippen LogP contribution in [0.1, 0.15) is 86.0 Å². The lowest BCUT2D eigenvalue weighted by Crippen LogP contribution is -2.28. The van der Waals surface area contributed by atoms with Crippen LogP contribution in [-0.4, -0.2) is 22.4 Å². The van der Waals surface area contributed by atoms with Crippen LogP contribution in [-0.2, 0) is 0 Å². The maximum atomic E-state index is 10.6. The topological polar surface area (TPSA) is 40.5 Å².